The van der Waals surface area contributed by atoms with Gasteiger partial charge >= 0.3 is 5.97 Å². The van der Waals surface area contributed by atoms with Crippen LogP contribution in [0, 0.1) is 6.92 Å². The van der Waals surface area contributed by atoms with Gasteiger partial charge in [0, 0.05) is 30.1 Å². The molecule has 2 heterocycles. The van der Waals surface area contributed by atoms with Gasteiger partial charge in [-0.3, -0.25) is 14.6 Å². The SMILES string of the molecule is Cc1c(Br)cncc1C(=O)NC1(CC(=O)O)CCOCC1. The minimum atomic E-state index is -0.929. The van der Waals surface area contributed by atoms with Gasteiger partial charge < -0.3 is 15.2 Å². The Morgan fingerprint density at radius 1 is 1.43 bits per heavy atom. The summed E-state index contributed by atoms with van der Waals surface area (Å²) >= 11 is 3.34. The van der Waals surface area contributed by atoms with Gasteiger partial charge in [0.25, 0.3) is 5.91 Å². The Morgan fingerprint density at radius 2 is 2.10 bits per heavy atom. The van der Waals surface area contributed by atoms with E-state index < -0.39 is 11.5 Å². The molecule has 1 aliphatic rings. The standard InChI is InChI=1S/C14H17BrN2O4/c1-9-10(7-16-8-11(9)15)13(20)17-14(6-12(18)19)2-4-21-5-3-14/h7-8H,2-6H2,1H3,(H,17,20)(H,18,19). The number of carboxylic acids is 1. The quantitative estimate of drug-likeness (QED) is 0.859. The average molecular weight is 357 g/mol. The third kappa shape index (κ3) is 3.79. The van der Waals surface area contributed by atoms with E-state index in [0.717, 1.165) is 10.0 Å². The number of carbonyl (C=O) groups excluding carboxylic acids is 1. The highest BCUT2D eigenvalue weighted by Crippen LogP contribution is 2.26. The number of carbonyl (C=O) groups is 2. The first-order valence-electron chi connectivity index (χ1n) is 6.66. The largest absolute Gasteiger partial charge is 0.481 e. The summed E-state index contributed by atoms with van der Waals surface area (Å²) in [5.41, 5.74) is 0.469. The van der Waals surface area contributed by atoms with E-state index in [-0.39, 0.29) is 12.3 Å². The molecule has 1 aromatic rings. The third-order valence-electron chi connectivity index (χ3n) is 3.72. The molecule has 1 saturated heterocycles. The number of rotatable bonds is 4. The molecule has 1 aromatic heterocycles. The van der Waals surface area contributed by atoms with Crippen molar-refractivity contribution >= 4 is 27.8 Å². The summed E-state index contributed by atoms with van der Waals surface area (Å²) < 4.78 is 6.02. The number of nitrogens with one attached hydrogen (secondary N) is 1. The Hall–Kier alpha value is -1.47. The van der Waals surface area contributed by atoms with Crippen LogP contribution in [0.25, 0.3) is 0 Å². The number of aliphatic carboxylic acids is 1. The summed E-state index contributed by atoms with van der Waals surface area (Å²) in [7, 11) is 0. The third-order valence-corrected chi connectivity index (χ3v) is 4.52. The van der Waals surface area contributed by atoms with Gasteiger partial charge in [-0.2, -0.15) is 0 Å². The maximum absolute atomic E-state index is 12.5. The molecule has 0 spiro atoms. The Kier molecular flexibility index (Phi) is 4.95. The number of hydrogen-bond donors (Lipinski definition) is 2. The van der Waals surface area contributed by atoms with Gasteiger partial charge in [-0.15, -0.1) is 0 Å². The molecule has 7 heteroatoms. The van der Waals surface area contributed by atoms with Crippen molar-refractivity contribution in [3.8, 4) is 0 Å². The maximum Gasteiger partial charge on any atom is 0.305 e. The number of pyridine rings is 1. The lowest BCUT2D eigenvalue weighted by atomic mass is 9.86. The van der Waals surface area contributed by atoms with E-state index in [9.17, 15) is 9.59 Å². The Balaban J connectivity index is 2.21. The fourth-order valence-electron chi connectivity index (χ4n) is 2.43. The van der Waals surface area contributed by atoms with E-state index in [1.165, 1.54) is 6.20 Å². The highest BCUT2D eigenvalue weighted by atomic mass is 79.9. The Bertz CT molecular complexity index is 556. The average Bonchev–Trinajstić information content (AvgIpc) is 2.41. The Morgan fingerprint density at radius 3 is 2.71 bits per heavy atom. The van der Waals surface area contributed by atoms with E-state index in [1.54, 1.807) is 6.20 Å². The molecule has 1 aliphatic heterocycles. The first kappa shape index (κ1) is 15.9. The van der Waals surface area contributed by atoms with Crippen LogP contribution in [0.2, 0.25) is 0 Å². The van der Waals surface area contributed by atoms with Crippen molar-refractivity contribution in [1.29, 1.82) is 0 Å². The number of carboxylic acid groups (broad SMARTS) is 1. The fraction of sp³-hybridized carbons (Fsp3) is 0.500. The van der Waals surface area contributed by atoms with Crippen molar-refractivity contribution < 1.29 is 19.4 Å². The number of aromatic nitrogens is 1. The predicted molar refractivity (Wildman–Crippen MR) is 79.2 cm³/mol. The minimum absolute atomic E-state index is 0.109. The number of hydrogen-bond acceptors (Lipinski definition) is 4. The number of ether oxygens (including phenoxy) is 1. The first-order chi connectivity index (χ1) is 9.93. The molecule has 0 aromatic carbocycles. The molecule has 0 aliphatic carbocycles. The lowest BCUT2D eigenvalue weighted by Crippen LogP contribution is -2.53. The Labute approximate surface area is 131 Å². The molecule has 2 rings (SSSR count). The summed E-state index contributed by atoms with van der Waals surface area (Å²) in [5.74, 6) is -1.23. The number of amides is 1. The zero-order valence-electron chi connectivity index (χ0n) is 11.7. The van der Waals surface area contributed by atoms with Crippen molar-refractivity contribution in [3.63, 3.8) is 0 Å². The summed E-state index contributed by atoms with van der Waals surface area (Å²) in [6.45, 7) is 2.71. The van der Waals surface area contributed by atoms with Gasteiger partial charge in [0.2, 0.25) is 0 Å². The van der Waals surface area contributed by atoms with Crippen molar-refractivity contribution in [3.05, 3.63) is 28.0 Å². The first-order valence-corrected chi connectivity index (χ1v) is 7.45. The van der Waals surface area contributed by atoms with Crippen molar-refractivity contribution in [2.24, 2.45) is 0 Å². The monoisotopic (exact) mass is 356 g/mol. The number of halogens is 1. The highest BCUT2D eigenvalue weighted by molar-refractivity contribution is 9.10. The molecule has 0 unspecified atom stereocenters. The number of nitrogens with zero attached hydrogens (tertiary/aromatic N) is 1. The molecule has 0 bridgehead atoms. The second kappa shape index (κ2) is 6.53. The summed E-state index contributed by atoms with van der Waals surface area (Å²) in [4.78, 5) is 27.6. The lowest BCUT2D eigenvalue weighted by Gasteiger charge is -2.37. The van der Waals surface area contributed by atoms with Crippen LogP contribution in [0.4, 0.5) is 0 Å². The van der Waals surface area contributed by atoms with Crippen LogP contribution in [-0.4, -0.2) is 40.7 Å². The molecule has 1 amide bonds. The van der Waals surface area contributed by atoms with Crippen LogP contribution < -0.4 is 5.32 Å². The molecule has 6 nitrogen and oxygen atoms in total. The summed E-state index contributed by atoms with van der Waals surface area (Å²) in [6.07, 6.45) is 3.98. The summed E-state index contributed by atoms with van der Waals surface area (Å²) in [5, 5.41) is 12.0. The van der Waals surface area contributed by atoms with E-state index >= 15 is 0 Å². The van der Waals surface area contributed by atoms with Crippen LogP contribution in [0.3, 0.4) is 0 Å². The van der Waals surface area contributed by atoms with Crippen molar-refractivity contribution in [2.45, 2.75) is 31.7 Å². The molecular weight excluding hydrogens is 340 g/mol. The lowest BCUT2D eigenvalue weighted by molar-refractivity contribution is -0.139. The predicted octanol–water partition coefficient (Wildman–Crippen LogP) is 1.91. The zero-order valence-corrected chi connectivity index (χ0v) is 13.3. The minimum Gasteiger partial charge on any atom is -0.481 e. The van der Waals surface area contributed by atoms with Crippen LogP contribution in [-0.2, 0) is 9.53 Å². The van der Waals surface area contributed by atoms with Crippen LogP contribution >= 0.6 is 15.9 Å². The smallest absolute Gasteiger partial charge is 0.305 e. The van der Waals surface area contributed by atoms with Gasteiger partial charge in [0.1, 0.15) is 0 Å². The molecular formula is C14H17BrN2O4. The van der Waals surface area contributed by atoms with Gasteiger partial charge in [-0.1, -0.05) is 0 Å². The van der Waals surface area contributed by atoms with E-state index in [4.69, 9.17) is 9.84 Å². The molecule has 0 saturated carbocycles. The van der Waals surface area contributed by atoms with Gasteiger partial charge in [-0.05, 0) is 41.3 Å². The molecule has 2 N–H and O–H groups in total. The van der Waals surface area contributed by atoms with Crippen molar-refractivity contribution in [1.82, 2.24) is 10.3 Å². The second-order valence-corrected chi connectivity index (χ2v) is 6.07. The highest BCUT2D eigenvalue weighted by Gasteiger charge is 2.37. The van der Waals surface area contributed by atoms with Crippen molar-refractivity contribution in [2.75, 3.05) is 13.2 Å². The van der Waals surface area contributed by atoms with E-state index in [0.29, 0.717) is 31.6 Å². The summed E-state index contributed by atoms with van der Waals surface area (Å²) in [6, 6.07) is 0. The van der Waals surface area contributed by atoms with Crippen LogP contribution in [0.15, 0.2) is 16.9 Å². The van der Waals surface area contributed by atoms with E-state index in [2.05, 4.69) is 26.2 Å². The second-order valence-electron chi connectivity index (χ2n) is 5.21. The molecule has 0 atom stereocenters. The molecule has 21 heavy (non-hydrogen) atoms. The molecule has 114 valence electrons. The van der Waals surface area contributed by atoms with Gasteiger partial charge in [0.05, 0.1) is 17.5 Å². The van der Waals surface area contributed by atoms with Crippen LogP contribution in [0.5, 0.6) is 0 Å². The normalized spacial score (nSPS) is 17.2. The van der Waals surface area contributed by atoms with Crippen LogP contribution in [0.1, 0.15) is 35.2 Å². The maximum atomic E-state index is 12.5. The molecule has 0 radical (unpaired) electrons. The van der Waals surface area contributed by atoms with Gasteiger partial charge in [0.15, 0.2) is 0 Å². The van der Waals surface area contributed by atoms with Gasteiger partial charge in [-0.25, -0.2) is 0 Å². The fourth-order valence-corrected chi connectivity index (χ4v) is 2.77. The zero-order chi connectivity index (χ0) is 15.5. The molecule has 1 fully saturated rings. The topological polar surface area (TPSA) is 88.5 Å². The van der Waals surface area contributed by atoms with E-state index in [1.807, 2.05) is 6.92 Å².